The first kappa shape index (κ1) is 26.0. The number of aliphatic hydroxyl groups excluding tert-OH is 1. The third-order valence-electron chi connectivity index (χ3n) is 5.37. The van der Waals surface area contributed by atoms with Gasteiger partial charge in [0.15, 0.2) is 23.6 Å². The maximum absolute atomic E-state index is 13.1. The summed E-state index contributed by atoms with van der Waals surface area (Å²) in [5.74, 6) is -1.05. The Bertz CT molecular complexity index is 1490. The van der Waals surface area contributed by atoms with Crippen molar-refractivity contribution in [2.75, 3.05) is 0 Å². The lowest BCUT2D eigenvalue weighted by Crippen LogP contribution is -2.37. The number of nitrogens with zero attached hydrogens (tertiary/aromatic N) is 7. The first-order valence-corrected chi connectivity index (χ1v) is 11.3. The number of benzene rings is 1. The molecule has 0 aliphatic rings. The number of aromatic nitrogens is 7. The predicted molar refractivity (Wildman–Crippen MR) is 125 cm³/mol. The fourth-order valence-corrected chi connectivity index (χ4v) is 3.68. The van der Waals surface area contributed by atoms with Crippen LogP contribution in [0.25, 0.3) is 17.2 Å². The molecule has 0 bridgehead atoms. The van der Waals surface area contributed by atoms with Gasteiger partial charge in [0, 0.05) is 16.8 Å². The lowest BCUT2D eigenvalue weighted by molar-refractivity contribution is -0.207. The van der Waals surface area contributed by atoms with E-state index in [1.807, 2.05) is 6.92 Å². The van der Waals surface area contributed by atoms with Gasteiger partial charge in [-0.2, -0.15) is 17.9 Å². The van der Waals surface area contributed by atoms with E-state index in [0.717, 1.165) is 14.9 Å². The number of carbonyl (C=O) groups excluding carboxylic acids is 1. The molecule has 0 saturated heterocycles. The SMILES string of the molecule is CCc1cccnc1-n1nc(Cn2nc(-c3ccc(Cl)cc3)n(C[C@H](O)C(F)(F)F)c2=O)nc1C(N)=O. The van der Waals surface area contributed by atoms with Gasteiger partial charge >= 0.3 is 11.9 Å². The van der Waals surface area contributed by atoms with Crippen molar-refractivity contribution < 1.29 is 23.1 Å². The first-order chi connectivity index (χ1) is 17.5. The third kappa shape index (κ3) is 5.39. The molecule has 0 fully saturated rings. The lowest BCUT2D eigenvalue weighted by atomic mass is 10.2. The molecule has 0 aliphatic heterocycles. The van der Waals surface area contributed by atoms with E-state index in [2.05, 4.69) is 20.2 Å². The largest absolute Gasteiger partial charge is 0.416 e. The van der Waals surface area contributed by atoms with Crippen LogP contribution < -0.4 is 11.4 Å². The van der Waals surface area contributed by atoms with Crippen LogP contribution in [0.1, 0.15) is 28.9 Å². The summed E-state index contributed by atoms with van der Waals surface area (Å²) in [6.45, 7) is 0.376. The Morgan fingerprint density at radius 3 is 2.51 bits per heavy atom. The van der Waals surface area contributed by atoms with Gasteiger partial charge in [-0.25, -0.2) is 19.4 Å². The van der Waals surface area contributed by atoms with Gasteiger partial charge in [0.2, 0.25) is 5.82 Å². The summed E-state index contributed by atoms with van der Waals surface area (Å²) in [6.07, 6.45) is -5.72. The highest BCUT2D eigenvalue weighted by Gasteiger charge is 2.39. The minimum atomic E-state index is -4.96. The average molecular weight is 537 g/mol. The summed E-state index contributed by atoms with van der Waals surface area (Å²) in [6, 6.07) is 9.39. The molecule has 0 aliphatic carbocycles. The monoisotopic (exact) mass is 536 g/mol. The average Bonchev–Trinajstić information content (AvgIpc) is 3.41. The quantitative estimate of drug-likeness (QED) is 0.350. The second kappa shape index (κ2) is 10.1. The van der Waals surface area contributed by atoms with Crippen LogP contribution >= 0.6 is 11.6 Å². The topological polar surface area (TPSA) is 147 Å². The van der Waals surface area contributed by atoms with Gasteiger partial charge < -0.3 is 10.8 Å². The van der Waals surface area contributed by atoms with Crippen LogP contribution in [0.2, 0.25) is 5.02 Å². The van der Waals surface area contributed by atoms with E-state index in [0.29, 0.717) is 21.8 Å². The van der Waals surface area contributed by atoms with Crippen molar-refractivity contribution in [3.63, 3.8) is 0 Å². The van der Waals surface area contributed by atoms with Crippen molar-refractivity contribution in [2.45, 2.75) is 38.7 Å². The van der Waals surface area contributed by atoms with Crippen LogP contribution in [0.15, 0.2) is 47.4 Å². The van der Waals surface area contributed by atoms with E-state index in [9.17, 15) is 27.9 Å². The van der Waals surface area contributed by atoms with Crippen LogP contribution in [0.5, 0.6) is 0 Å². The van der Waals surface area contributed by atoms with Gasteiger partial charge in [-0.3, -0.25) is 9.36 Å². The number of rotatable bonds is 8. The van der Waals surface area contributed by atoms with Crippen LogP contribution in [0, 0.1) is 0 Å². The zero-order valence-electron chi connectivity index (χ0n) is 19.2. The molecular weight excluding hydrogens is 517 g/mol. The van der Waals surface area contributed by atoms with Crippen LogP contribution in [0.3, 0.4) is 0 Å². The Labute approximate surface area is 211 Å². The highest BCUT2D eigenvalue weighted by molar-refractivity contribution is 6.30. The number of aryl methyl sites for hydroxylation is 1. The molecule has 3 aromatic heterocycles. The fraction of sp³-hybridized carbons (Fsp3) is 0.273. The number of alkyl halides is 3. The summed E-state index contributed by atoms with van der Waals surface area (Å²) in [4.78, 5) is 33.5. The van der Waals surface area contributed by atoms with Gasteiger partial charge in [-0.05, 0) is 42.3 Å². The number of aliphatic hydroxyl groups is 1. The van der Waals surface area contributed by atoms with Gasteiger partial charge in [0.25, 0.3) is 5.91 Å². The molecule has 3 heterocycles. The first-order valence-electron chi connectivity index (χ1n) is 10.9. The summed E-state index contributed by atoms with van der Waals surface area (Å²) in [7, 11) is 0. The zero-order valence-corrected chi connectivity index (χ0v) is 20.0. The van der Waals surface area contributed by atoms with Crippen molar-refractivity contribution in [1.29, 1.82) is 0 Å². The van der Waals surface area contributed by atoms with E-state index < -0.39 is 37.0 Å². The molecule has 0 spiro atoms. The van der Waals surface area contributed by atoms with Crippen molar-refractivity contribution >= 4 is 17.5 Å². The number of nitrogens with two attached hydrogens (primary N) is 1. The van der Waals surface area contributed by atoms with Crippen LogP contribution in [0.4, 0.5) is 13.2 Å². The van der Waals surface area contributed by atoms with Gasteiger partial charge in [-0.1, -0.05) is 24.6 Å². The number of carbonyl (C=O) groups is 1. The van der Waals surface area contributed by atoms with Gasteiger partial charge in [0.05, 0.1) is 6.54 Å². The summed E-state index contributed by atoms with van der Waals surface area (Å²) in [5, 5.41) is 18.4. The molecule has 1 aromatic carbocycles. The normalized spacial score (nSPS) is 12.6. The predicted octanol–water partition coefficient (Wildman–Crippen LogP) is 1.97. The van der Waals surface area contributed by atoms with Crippen molar-refractivity contribution in [1.82, 2.24) is 34.1 Å². The smallest absolute Gasteiger partial charge is 0.382 e. The van der Waals surface area contributed by atoms with E-state index >= 15 is 0 Å². The molecular formula is C22H20ClF3N8O3. The van der Waals surface area contributed by atoms with Crippen molar-refractivity contribution in [2.24, 2.45) is 5.73 Å². The Kier molecular flexibility index (Phi) is 7.14. The number of hydrogen-bond acceptors (Lipinski definition) is 7. The van der Waals surface area contributed by atoms with E-state index in [4.69, 9.17) is 17.3 Å². The zero-order chi connectivity index (χ0) is 26.9. The Morgan fingerprint density at radius 1 is 1.19 bits per heavy atom. The van der Waals surface area contributed by atoms with E-state index in [1.165, 1.54) is 30.5 Å². The van der Waals surface area contributed by atoms with Gasteiger partial charge in [-0.15, -0.1) is 10.2 Å². The maximum atomic E-state index is 13.1. The number of primary amides is 1. The lowest BCUT2D eigenvalue weighted by Gasteiger charge is -2.15. The molecule has 194 valence electrons. The molecule has 0 radical (unpaired) electrons. The Hall–Kier alpha value is -4.04. The maximum Gasteiger partial charge on any atom is 0.416 e. The second-order valence-corrected chi connectivity index (χ2v) is 8.34. The van der Waals surface area contributed by atoms with Gasteiger partial charge in [0.1, 0.15) is 6.54 Å². The number of pyridine rings is 1. The van der Waals surface area contributed by atoms with Crippen molar-refractivity contribution in [3.05, 3.63) is 75.3 Å². The molecule has 4 aromatic rings. The van der Waals surface area contributed by atoms with Crippen LogP contribution in [-0.2, 0) is 19.5 Å². The molecule has 15 heteroatoms. The van der Waals surface area contributed by atoms with E-state index in [-0.39, 0.29) is 23.0 Å². The summed E-state index contributed by atoms with van der Waals surface area (Å²) in [5.41, 5.74) is 5.54. The molecule has 1 amide bonds. The highest BCUT2D eigenvalue weighted by Crippen LogP contribution is 2.24. The van der Waals surface area contributed by atoms with Crippen LogP contribution in [-0.4, -0.2) is 57.4 Å². The fourth-order valence-electron chi connectivity index (χ4n) is 3.56. The molecule has 0 saturated carbocycles. The summed E-state index contributed by atoms with van der Waals surface area (Å²) >= 11 is 5.90. The minimum absolute atomic E-state index is 0.0627. The second-order valence-electron chi connectivity index (χ2n) is 7.91. The molecule has 3 N–H and O–H groups in total. The number of amides is 1. The van der Waals surface area contributed by atoms with E-state index in [1.54, 1.807) is 12.1 Å². The number of halogens is 4. The standard InChI is InChI=1S/C22H20ClF3N8O3/c1-2-12-4-3-9-28-18(12)34-20(17(27)36)29-16(30-34)11-33-21(37)32(10-15(35)22(24,25)26)19(31-33)13-5-7-14(23)8-6-13/h3-9,15,35H,2,10-11H2,1H3,(H2,27,36)/t15-/m0/s1. The Balaban J connectivity index is 1.79. The summed E-state index contributed by atoms with van der Waals surface area (Å²) < 4.78 is 41.9. The minimum Gasteiger partial charge on any atom is -0.382 e. The van der Waals surface area contributed by atoms with Crippen molar-refractivity contribution in [3.8, 4) is 17.2 Å². The molecule has 1 atom stereocenters. The number of hydrogen-bond donors (Lipinski definition) is 2. The molecule has 11 nitrogen and oxygen atoms in total. The molecule has 0 unspecified atom stereocenters. The highest BCUT2D eigenvalue weighted by atomic mass is 35.5. The third-order valence-corrected chi connectivity index (χ3v) is 5.62. The Morgan fingerprint density at radius 2 is 1.89 bits per heavy atom. The molecule has 4 rings (SSSR count). The molecule has 37 heavy (non-hydrogen) atoms.